The van der Waals surface area contributed by atoms with Gasteiger partial charge < -0.3 is 4.74 Å². The maximum Gasteiger partial charge on any atom is 0.338 e. The van der Waals surface area contributed by atoms with Crippen LogP contribution in [-0.2, 0) is 21.4 Å². The first-order valence-corrected chi connectivity index (χ1v) is 9.03. The summed E-state index contributed by atoms with van der Waals surface area (Å²) in [5, 5.41) is 0.970. The molecule has 0 saturated carbocycles. The summed E-state index contributed by atoms with van der Waals surface area (Å²) in [5.41, 5.74) is 1.87. The average Bonchev–Trinajstić information content (AvgIpc) is 2.66. The van der Waals surface area contributed by atoms with E-state index < -0.39 is 16.0 Å². The van der Waals surface area contributed by atoms with Gasteiger partial charge in [-0.25, -0.2) is 17.9 Å². The molecule has 0 amide bonds. The molecule has 3 rings (SSSR count). The molecule has 0 unspecified atom stereocenters. The number of benzene rings is 2. The summed E-state index contributed by atoms with van der Waals surface area (Å²) >= 11 is 0. The first-order chi connectivity index (χ1) is 12.0. The van der Waals surface area contributed by atoms with E-state index in [0.29, 0.717) is 0 Å². The topological polar surface area (TPSA) is 85.4 Å². The maximum atomic E-state index is 12.2. The first kappa shape index (κ1) is 17.1. The summed E-state index contributed by atoms with van der Waals surface area (Å²) in [6.45, 7) is 0.0871. The van der Waals surface area contributed by atoms with Crippen LogP contribution in [0, 0.1) is 0 Å². The van der Waals surface area contributed by atoms with Gasteiger partial charge in [-0.05, 0) is 37.4 Å². The van der Waals surface area contributed by atoms with Gasteiger partial charge in [0.2, 0.25) is 10.0 Å². The van der Waals surface area contributed by atoms with E-state index in [2.05, 4.69) is 9.71 Å². The van der Waals surface area contributed by atoms with Crippen molar-refractivity contribution in [1.82, 2.24) is 9.71 Å². The number of hydrogen-bond donors (Lipinski definition) is 1. The number of nitrogens with one attached hydrogen (secondary N) is 1. The van der Waals surface area contributed by atoms with Crippen LogP contribution in [0.15, 0.2) is 65.7 Å². The van der Waals surface area contributed by atoms with Gasteiger partial charge in [0.1, 0.15) is 6.61 Å². The zero-order valence-corrected chi connectivity index (χ0v) is 14.3. The molecule has 0 atom stereocenters. The molecule has 0 bridgehead atoms. The Kier molecular flexibility index (Phi) is 4.78. The molecule has 25 heavy (non-hydrogen) atoms. The number of ether oxygens (including phenoxy) is 1. The molecule has 1 heterocycles. The first-order valence-electron chi connectivity index (χ1n) is 7.54. The highest BCUT2D eigenvalue weighted by atomic mass is 32.2. The number of fused-ring (bicyclic) bond motifs is 1. The predicted octanol–water partition coefficient (Wildman–Crippen LogP) is 2.50. The van der Waals surface area contributed by atoms with Gasteiger partial charge in [0.15, 0.2) is 0 Å². The number of aromatic nitrogens is 1. The van der Waals surface area contributed by atoms with Crippen LogP contribution in [0.5, 0.6) is 0 Å². The second-order valence-electron chi connectivity index (χ2n) is 5.30. The number of pyridine rings is 1. The fourth-order valence-corrected chi connectivity index (χ4v) is 3.13. The van der Waals surface area contributed by atoms with E-state index in [0.717, 1.165) is 16.5 Å². The molecule has 6 nitrogen and oxygen atoms in total. The van der Waals surface area contributed by atoms with E-state index in [1.165, 1.54) is 31.3 Å². The molecule has 7 heteroatoms. The fraction of sp³-hybridized carbons (Fsp3) is 0.111. The van der Waals surface area contributed by atoms with Crippen molar-refractivity contribution >= 4 is 26.9 Å². The van der Waals surface area contributed by atoms with E-state index in [1.54, 1.807) is 6.20 Å². The van der Waals surface area contributed by atoms with Crippen LogP contribution in [0.2, 0.25) is 0 Å². The molecular weight excluding hydrogens is 340 g/mol. The molecule has 0 aliphatic carbocycles. The highest BCUT2D eigenvalue weighted by molar-refractivity contribution is 7.89. The Labute approximate surface area is 145 Å². The Hall–Kier alpha value is -2.77. The highest BCUT2D eigenvalue weighted by Gasteiger charge is 2.14. The monoisotopic (exact) mass is 356 g/mol. The number of hydrogen-bond acceptors (Lipinski definition) is 5. The number of sulfonamides is 1. The van der Waals surface area contributed by atoms with Gasteiger partial charge >= 0.3 is 5.97 Å². The van der Waals surface area contributed by atoms with Gasteiger partial charge in [-0.1, -0.05) is 24.3 Å². The summed E-state index contributed by atoms with van der Waals surface area (Å²) in [4.78, 5) is 16.6. The van der Waals surface area contributed by atoms with Crippen molar-refractivity contribution in [1.29, 1.82) is 0 Å². The third-order valence-corrected chi connectivity index (χ3v) is 5.17. The van der Waals surface area contributed by atoms with Crippen molar-refractivity contribution in [2.75, 3.05) is 7.05 Å². The minimum absolute atomic E-state index is 0.0871. The standard InChI is InChI=1S/C18H16N2O4S/c1-19-25(22,23)16-9-7-14(8-10-16)18(21)24-12-15-5-2-4-13-6-3-11-20-17(13)15/h2-11,19H,12H2,1H3. The Balaban J connectivity index is 1.74. The smallest absolute Gasteiger partial charge is 0.338 e. The lowest BCUT2D eigenvalue weighted by molar-refractivity contribution is 0.0474. The van der Waals surface area contributed by atoms with Gasteiger partial charge in [0, 0.05) is 17.1 Å². The molecule has 1 N–H and O–H groups in total. The van der Waals surface area contributed by atoms with Crippen LogP contribution < -0.4 is 4.72 Å². The number of para-hydroxylation sites is 1. The molecule has 0 fully saturated rings. The SMILES string of the molecule is CNS(=O)(=O)c1ccc(C(=O)OCc2cccc3cccnc23)cc1. The maximum absolute atomic E-state index is 12.2. The summed E-state index contributed by atoms with van der Waals surface area (Å²) in [5.74, 6) is -0.527. The molecule has 3 aromatic rings. The van der Waals surface area contributed by atoms with Gasteiger partial charge in [0.05, 0.1) is 16.0 Å². The number of esters is 1. The lowest BCUT2D eigenvalue weighted by Gasteiger charge is -2.08. The Morgan fingerprint density at radius 3 is 2.52 bits per heavy atom. The third kappa shape index (κ3) is 3.67. The lowest BCUT2D eigenvalue weighted by Crippen LogP contribution is -2.18. The normalized spacial score (nSPS) is 11.4. The zero-order chi connectivity index (χ0) is 17.9. The predicted molar refractivity (Wildman–Crippen MR) is 93.6 cm³/mol. The molecule has 0 saturated heterocycles. The van der Waals surface area contributed by atoms with Crippen LogP contribution in [0.1, 0.15) is 15.9 Å². The van der Waals surface area contributed by atoms with Gasteiger partial charge in [-0.15, -0.1) is 0 Å². The zero-order valence-electron chi connectivity index (χ0n) is 13.5. The van der Waals surface area contributed by atoms with E-state index >= 15 is 0 Å². The van der Waals surface area contributed by atoms with Gasteiger partial charge in [-0.2, -0.15) is 0 Å². The number of carbonyl (C=O) groups excluding carboxylic acids is 1. The quantitative estimate of drug-likeness (QED) is 0.710. The van der Waals surface area contributed by atoms with E-state index in [-0.39, 0.29) is 17.1 Å². The highest BCUT2D eigenvalue weighted by Crippen LogP contribution is 2.18. The van der Waals surface area contributed by atoms with E-state index in [1.807, 2.05) is 30.3 Å². The van der Waals surface area contributed by atoms with Crippen molar-refractivity contribution in [3.05, 3.63) is 71.9 Å². The summed E-state index contributed by atoms with van der Waals surface area (Å²) < 4.78 is 30.9. The molecular formula is C18H16N2O4S. The van der Waals surface area contributed by atoms with Crippen LogP contribution >= 0.6 is 0 Å². The number of carbonyl (C=O) groups is 1. The molecule has 128 valence electrons. The van der Waals surface area contributed by atoms with Crippen LogP contribution in [0.25, 0.3) is 10.9 Å². The second kappa shape index (κ2) is 7.00. The molecule has 0 radical (unpaired) electrons. The third-order valence-electron chi connectivity index (χ3n) is 3.74. The Morgan fingerprint density at radius 2 is 1.80 bits per heavy atom. The summed E-state index contributed by atoms with van der Waals surface area (Å²) in [6, 6.07) is 15.0. The van der Waals surface area contributed by atoms with E-state index in [9.17, 15) is 13.2 Å². The van der Waals surface area contributed by atoms with Crippen molar-refractivity contribution in [2.45, 2.75) is 11.5 Å². The Bertz CT molecular complexity index is 1010. The lowest BCUT2D eigenvalue weighted by atomic mass is 10.1. The van der Waals surface area contributed by atoms with Crippen molar-refractivity contribution in [2.24, 2.45) is 0 Å². The molecule has 2 aromatic carbocycles. The molecule has 0 aliphatic rings. The molecule has 0 spiro atoms. The second-order valence-corrected chi connectivity index (χ2v) is 7.19. The Morgan fingerprint density at radius 1 is 1.08 bits per heavy atom. The molecule has 1 aromatic heterocycles. The van der Waals surface area contributed by atoms with Crippen molar-refractivity contribution in [3.8, 4) is 0 Å². The summed E-state index contributed by atoms with van der Waals surface area (Å²) in [6.07, 6.45) is 1.69. The molecule has 0 aliphatic heterocycles. The summed E-state index contributed by atoms with van der Waals surface area (Å²) in [7, 11) is -2.20. The van der Waals surface area contributed by atoms with Gasteiger partial charge in [-0.3, -0.25) is 4.98 Å². The average molecular weight is 356 g/mol. The van der Waals surface area contributed by atoms with Crippen LogP contribution in [0.4, 0.5) is 0 Å². The van der Waals surface area contributed by atoms with Crippen LogP contribution in [0.3, 0.4) is 0 Å². The van der Waals surface area contributed by atoms with Crippen molar-refractivity contribution in [3.63, 3.8) is 0 Å². The minimum atomic E-state index is -3.53. The van der Waals surface area contributed by atoms with Crippen molar-refractivity contribution < 1.29 is 17.9 Å². The number of nitrogens with zero attached hydrogens (tertiary/aromatic N) is 1. The fourth-order valence-electron chi connectivity index (χ4n) is 2.40. The largest absolute Gasteiger partial charge is 0.457 e. The minimum Gasteiger partial charge on any atom is -0.457 e. The van der Waals surface area contributed by atoms with Gasteiger partial charge in [0.25, 0.3) is 0 Å². The van der Waals surface area contributed by atoms with E-state index in [4.69, 9.17) is 4.74 Å². The number of rotatable bonds is 5. The van der Waals surface area contributed by atoms with Crippen LogP contribution in [-0.4, -0.2) is 26.4 Å².